The summed E-state index contributed by atoms with van der Waals surface area (Å²) >= 11 is 0. The van der Waals surface area contributed by atoms with Crippen LogP contribution in [0.15, 0.2) is 54.6 Å². The molecular weight excluding hydrogens is 366 g/mol. The van der Waals surface area contributed by atoms with E-state index < -0.39 is 22.0 Å². The summed E-state index contributed by atoms with van der Waals surface area (Å²) in [6, 6.07) is 14.2. The summed E-state index contributed by atoms with van der Waals surface area (Å²) in [5, 5.41) is 5.38. The van der Waals surface area contributed by atoms with Crippen molar-refractivity contribution in [1.29, 1.82) is 0 Å². The molecule has 0 saturated heterocycles. The summed E-state index contributed by atoms with van der Waals surface area (Å²) in [5.74, 6) is -0.622. The minimum Gasteiger partial charge on any atom is -0.326 e. The van der Waals surface area contributed by atoms with Gasteiger partial charge >= 0.3 is 0 Å². The van der Waals surface area contributed by atoms with Gasteiger partial charge in [0.15, 0.2) is 0 Å². The lowest BCUT2D eigenvalue weighted by Gasteiger charge is -2.30. The number of benzene rings is 2. The molecule has 2 aromatic rings. The summed E-state index contributed by atoms with van der Waals surface area (Å²) in [5.41, 5.74) is 1.55. The number of para-hydroxylation sites is 1. The number of hydrogen-bond donors (Lipinski definition) is 2. The zero-order valence-electron chi connectivity index (χ0n) is 15.5. The van der Waals surface area contributed by atoms with E-state index in [0.717, 1.165) is 10.6 Å². The molecule has 0 heterocycles. The molecule has 0 bridgehead atoms. The van der Waals surface area contributed by atoms with Crippen LogP contribution in [0.1, 0.15) is 20.3 Å². The molecule has 144 valence electrons. The van der Waals surface area contributed by atoms with E-state index in [0.29, 0.717) is 23.5 Å². The number of hydrogen-bond acceptors (Lipinski definition) is 4. The van der Waals surface area contributed by atoms with Crippen molar-refractivity contribution in [2.75, 3.05) is 21.2 Å². The zero-order valence-corrected chi connectivity index (χ0v) is 16.3. The summed E-state index contributed by atoms with van der Waals surface area (Å²) < 4.78 is 25.8. The van der Waals surface area contributed by atoms with E-state index in [4.69, 9.17) is 0 Å². The molecule has 2 N–H and O–H groups in total. The average molecular weight is 389 g/mol. The number of rotatable bonds is 7. The number of amides is 2. The van der Waals surface area contributed by atoms with E-state index in [2.05, 4.69) is 10.6 Å². The fourth-order valence-electron chi connectivity index (χ4n) is 2.70. The van der Waals surface area contributed by atoms with Crippen molar-refractivity contribution >= 4 is 38.9 Å². The number of nitrogens with zero attached hydrogens (tertiary/aromatic N) is 1. The van der Waals surface area contributed by atoms with Gasteiger partial charge in [0.1, 0.15) is 6.04 Å². The molecule has 8 heteroatoms. The molecule has 0 spiro atoms. The average Bonchev–Trinajstić information content (AvgIpc) is 2.60. The molecule has 0 unspecified atom stereocenters. The molecule has 2 aromatic carbocycles. The Kier molecular flexibility index (Phi) is 6.57. The second-order valence-electron chi connectivity index (χ2n) is 6.07. The van der Waals surface area contributed by atoms with Crippen LogP contribution in [0.2, 0.25) is 0 Å². The maximum absolute atomic E-state index is 12.8. The van der Waals surface area contributed by atoms with Gasteiger partial charge in [0.2, 0.25) is 21.8 Å². The van der Waals surface area contributed by atoms with Crippen LogP contribution < -0.4 is 14.9 Å². The van der Waals surface area contributed by atoms with Crippen LogP contribution in [0.3, 0.4) is 0 Å². The molecule has 2 amide bonds. The second kappa shape index (κ2) is 8.68. The Morgan fingerprint density at radius 3 is 1.93 bits per heavy atom. The van der Waals surface area contributed by atoms with E-state index in [1.807, 2.05) is 0 Å². The van der Waals surface area contributed by atoms with Gasteiger partial charge in [-0.2, -0.15) is 0 Å². The molecule has 0 saturated carbocycles. The van der Waals surface area contributed by atoms with Crippen LogP contribution in [0.4, 0.5) is 17.1 Å². The Morgan fingerprint density at radius 2 is 1.48 bits per heavy atom. The first-order valence-corrected chi connectivity index (χ1v) is 10.3. The third kappa shape index (κ3) is 5.55. The van der Waals surface area contributed by atoms with E-state index in [9.17, 15) is 18.0 Å². The fourth-order valence-corrected chi connectivity index (χ4v) is 3.91. The molecule has 0 fully saturated rings. The molecule has 7 nitrogen and oxygen atoms in total. The highest BCUT2D eigenvalue weighted by molar-refractivity contribution is 7.92. The van der Waals surface area contributed by atoms with Crippen molar-refractivity contribution in [3.05, 3.63) is 54.6 Å². The molecule has 0 aliphatic carbocycles. The van der Waals surface area contributed by atoms with Gasteiger partial charge in [-0.15, -0.1) is 0 Å². The van der Waals surface area contributed by atoms with E-state index in [-0.39, 0.29) is 5.91 Å². The second-order valence-corrected chi connectivity index (χ2v) is 7.93. The third-order valence-electron chi connectivity index (χ3n) is 3.81. The lowest BCUT2D eigenvalue weighted by molar-refractivity contribution is -0.117. The molecule has 0 aliphatic heterocycles. The zero-order chi connectivity index (χ0) is 20.0. The van der Waals surface area contributed by atoms with Crippen molar-refractivity contribution in [3.63, 3.8) is 0 Å². The standard InChI is InChI=1S/C19H23N3O4S/c1-4-18(22(27(3,25)26)17-8-6-5-7-9-17)19(24)21-16-12-10-15(11-13-16)20-14(2)23/h5-13,18H,4H2,1-3H3,(H,20,23)(H,21,24)/t18-/m1/s1. The van der Waals surface area contributed by atoms with Crippen molar-refractivity contribution in [2.24, 2.45) is 0 Å². The normalized spacial score (nSPS) is 12.1. The number of anilines is 3. The summed E-state index contributed by atoms with van der Waals surface area (Å²) in [6.45, 7) is 3.16. The van der Waals surface area contributed by atoms with E-state index in [1.165, 1.54) is 6.92 Å². The molecule has 0 aliphatic rings. The predicted molar refractivity (Wildman–Crippen MR) is 107 cm³/mol. The molecule has 27 heavy (non-hydrogen) atoms. The van der Waals surface area contributed by atoms with Gasteiger partial charge in [-0.3, -0.25) is 13.9 Å². The smallest absolute Gasteiger partial charge is 0.248 e. The monoisotopic (exact) mass is 389 g/mol. The van der Waals surface area contributed by atoms with Crippen LogP contribution in [-0.4, -0.2) is 32.5 Å². The Bertz CT molecular complexity index is 896. The first kappa shape index (κ1) is 20.4. The molecule has 1 atom stereocenters. The lowest BCUT2D eigenvalue weighted by atomic mass is 10.1. The van der Waals surface area contributed by atoms with Gasteiger partial charge in [-0.25, -0.2) is 8.42 Å². The quantitative estimate of drug-likeness (QED) is 0.761. The van der Waals surface area contributed by atoms with Gasteiger partial charge in [0, 0.05) is 18.3 Å². The van der Waals surface area contributed by atoms with Gasteiger partial charge in [0.05, 0.1) is 11.9 Å². The van der Waals surface area contributed by atoms with Crippen molar-refractivity contribution in [1.82, 2.24) is 0 Å². The Morgan fingerprint density at radius 1 is 0.963 bits per heavy atom. The third-order valence-corrected chi connectivity index (χ3v) is 4.99. The van der Waals surface area contributed by atoms with Crippen LogP contribution in [-0.2, 0) is 19.6 Å². The first-order valence-electron chi connectivity index (χ1n) is 8.45. The highest BCUT2D eigenvalue weighted by atomic mass is 32.2. The van der Waals surface area contributed by atoms with Crippen LogP contribution in [0, 0.1) is 0 Å². The molecular formula is C19H23N3O4S. The SMILES string of the molecule is CC[C@H](C(=O)Nc1ccc(NC(C)=O)cc1)N(c1ccccc1)S(C)(=O)=O. The van der Waals surface area contributed by atoms with Gasteiger partial charge in [0.25, 0.3) is 0 Å². The first-order chi connectivity index (χ1) is 12.7. The Labute approximate surface area is 159 Å². The molecule has 0 radical (unpaired) electrons. The Balaban J connectivity index is 2.24. The highest BCUT2D eigenvalue weighted by Gasteiger charge is 2.31. The summed E-state index contributed by atoms with van der Waals surface area (Å²) in [7, 11) is -3.66. The van der Waals surface area contributed by atoms with Gasteiger partial charge < -0.3 is 10.6 Å². The summed E-state index contributed by atoms with van der Waals surface area (Å²) in [4.78, 5) is 23.8. The van der Waals surface area contributed by atoms with E-state index >= 15 is 0 Å². The minimum atomic E-state index is -3.66. The number of nitrogens with one attached hydrogen (secondary N) is 2. The highest BCUT2D eigenvalue weighted by Crippen LogP contribution is 2.23. The maximum atomic E-state index is 12.8. The topological polar surface area (TPSA) is 95.6 Å². The number of sulfonamides is 1. The van der Waals surface area contributed by atoms with Crippen LogP contribution in [0.25, 0.3) is 0 Å². The number of carbonyl (C=O) groups is 2. The van der Waals surface area contributed by atoms with Crippen molar-refractivity contribution in [2.45, 2.75) is 26.3 Å². The Hall–Kier alpha value is -2.87. The lowest BCUT2D eigenvalue weighted by Crippen LogP contribution is -2.46. The minimum absolute atomic E-state index is 0.190. The largest absolute Gasteiger partial charge is 0.326 e. The van der Waals surface area contributed by atoms with Gasteiger partial charge in [-0.1, -0.05) is 25.1 Å². The maximum Gasteiger partial charge on any atom is 0.248 e. The van der Waals surface area contributed by atoms with Crippen LogP contribution >= 0.6 is 0 Å². The van der Waals surface area contributed by atoms with E-state index in [1.54, 1.807) is 61.5 Å². The molecule has 2 rings (SSSR count). The van der Waals surface area contributed by atoms with Crippen molar-refractivity contribution in [3.8, 4) is 0 Å². The van der Waals surface area contributed by atoms with Crippen LogP contribution in [0.5, 0.6) is 0 Å². The number of carbonyl (C=O) groups excluding carboxylic acids is 2. The fraction of sp³-hybridized carbons (Fsp3) is 0.263. The molecule has 0 aromatic heterocycles. The summed E-state index contributed by atoms with van der Waals surface area (Å²) in [6.07, 6.45) is 1.38. The van der Waals surface area contributed by atoms with Gasteiger partial charge in [-0.05, 0) is 42.8 Å². The predicted octanol–water partition coefficient (Wildman–Crippen LogP) is 2.83. The van der Waals surface area contributed by atoms with Crippen molar-refractivity contribution < 1.29 is 18.0 Å².